The van der Waals surface area contributed by atoms with Crippen molar-refractivity contribution in [3.8, 4) is 5.75 Å². The maximum absolute atomic E-state index is 11.0. The summed E-state index contributed by atoms with van der Waals surface area (Å²) in [6.45, 7) is 3.15. The lowest BCUT2D eigenvalue weighted by atomic mass is 9.73. The SMILES string of the molecule is CN1c2c(OC3CCOC3)ccc(Cl)c2C2(CCNCC2)C1O. The van der Waals surface area contributed by atoms with Crippen LogP contribution in [-0.4, -0.2) is 50.8 Å². The van der Waals surface area contributed by atoms with Gasteiger partial charge in [-0.25, -0.2) is 0 Å². The zero-order valence-electron chi connectivity index (χ0n) is 13.3. The summed E-state index contributed by atoms with van der Waals surface area (Å²) in [5, 5.41) is 15.1. The Morgan fingerprint density at radius 1 is 1.39 bits per heavy atom. The van der Waals surface area contributed by atoms with Gasteiger partial charge in [0.2, 0.25) is 0 Å². The first kappa shape index (κ1) is 15.5. The summed E-state index contributed by atoms with van der Waals surface area (Å²) in [7, 11) is 1.93. The summed E-state index contributed by atoms with van der Waals surface area (Å²) in [6, 6.07) is 3.82. The Kier molecular flexibility index (Phi) is 3.92. The van der Waals surface area contributed by atoms with Crippen molar-refractivity contribution >= 4 is 17.3 Å². The highest BCUT2D eigenvalue weighted by Crippen LogP contribution is 2.55. The molecule has 1 aromatic rings. The first-order valence-electron chi connectivity index (χ1n) is 8.32. The average molecular weight is 339 g/mol. The molecule has 2 saturated heterocycles. The van der Waals surface area contributed by atoms with Crippen LogP contribution in [0.1, 0.15) is 24.8 Å². The molecule has 0 aromatic heterocycles. The number of hydrogen-bond acceptors (Lipinski definition) is 5. The Morgan fingerprint density at radius 3 is 2.87 bits per heavy atom. The highest BCUT2D eigenvalue weighted by atomic mass is 35.5. The van der Waals surface area contributed by atoms with Crippen LogP contribution in [0.4, 0.5) is 5.69 Å². The Morgan fingerprint density at radius 2 is 2.17 bits per heavy atom. The van der Waals surface area contributed by atoms with Gasteiger partial charge >= 0.3 is 0 Å². The molecule has 3 heterocycles. The van der Waals surface area contributed by atoms with Gasteiger partial charge in [-0.1, -0.05) is 11.6 Å². The number of aliphatic hydroxyl groups excluding tert-OH is 1. The van der Waals surface area contributed by atoms with E-state index in [0.29, 0.717) is 6.61 Å². The van der Waals surface area contributed by atoms with E-state index in [9.17, 15) is 5.11 Å². The fourth-order valence-corrected chi connectivity index (χ4v) is 4.60. The molecule has 0 saturated carbocycles. The fraction of sp³-hybridized carbons (Fsp3) is 0.647. The van der Waals surface area contributed by atoms with E-state index in [0.717, 1.165) is 61.0 Å². The topological polar surface area (TPSA) is 54.0 Å². The molecule has 1 aromatic carbocycles. The molecule has 0 radical (unpaired) electrons. The molecule has 1 spiro atoms. The Labute approximate surface area is 141 Å². The Bertz CT molecular complexity index is 598. The van der Waals surface area contributed by atoms with Crippen molar-refractivity contribution in [3.05, 3.63) is 22.7 Å². The minimum absolute atomic E-state index is 0.0791. The molecule has 23 heavy (non-hydrogen) atoms. The number of fused-ring (bicyclic) bond motifs is 2. The van der Waals surface area contributed by atoms with Gasteiger partial charge in [0.15, 0.2) is 0 Å². The van der Waals surface area contributed by atoms with Crippen LogP contribution in [0.3, 0.4) is 0 Å². The maximum Gasteiger partial charge on any atom is 0.143 e. The average Bonchev–Trinajstić information content (AvgIpc) is 3.14. The maximum atomic E-state index is 11.0. The van der Waals surface area contributed by atoms with Crippen molar-refractivity contribution < 1.29 is 14.6 Å². The largest absolute Gasteiger partial charge is 0.486 e. The van der Waals surface area contributed by atoms with Crippen molar-refractivity contribution in [2.75, 3.05) is 38.3 Å². The molecule has 2 atom stereocenters. The van der Waals surface area contributed by atoms with Crippen molar-refractivity contribution in [3.63, 3.8) is 0 Å². The monoisotopic (exact) mass is 338 g/mol. The number of ether oxygens (including phenoxy) is 2. The molecule has 5 nitrogen and oxygen atoms in total. The van der Waals surface area contributed by atoms with Crippen molar-refractivity contribution in [2.45, 2.75) is 37.0 Å². The van der Waals surface area contributed by atoms with E-state index >= 15 is 0 Å². The Hall–Kier alpha value is -1.01. The second-order valence-corrected chi connectivity index (χ2v) is 7.17. The first-order chi connectivity index (χ1) is 11.1. The number of anilines is 1. The fourth-order valence-electron chi connectivity index (χ4n) is 4.25. The van der Waals surface area contributed by atoms with Crippen molar-refractivity contribution in [1.82, 2.24) is 5.32 Å². The number of likely N-dealkylation sites (N-methyl/N-ethyl adjacent to an activating group) is 1. The van der Waals surface area contributed by atoms with Crippen LogP contribution in [0.2, 0.25) is 5.02 Å². The normalized spacial score (nSPS) is 29.1. The van der Waals surface area contributed by atoms with Gasteiger partial charge in [0.1, 0.15) is 18.1 Å². The van der Waals surface area contributed by atoms with Crippen LogP contribution in [0.25, 0.3) is 0 Å². The molecule has 0 amide bonds. The predicted octanol–water partition coefficient (Wildman–Crippen LogP) is 1.90. The molecular weight excluding hydrogens is 316 g/mol. The summed E-state index contributed by atoms with van der Waals surface area (Å²) in [5.74, 6) is 0.803. The molecule has 0 bridgehead atoms. The lowest BCUT2D eigenvalue weighted by Gasteiger charge is -2.38. The van der Waals surface area contributed by atoms with E-state index in [1.54, 1.807) is 0 Å². The highest BCUT2D eigenvalue weighted by molar-refractivity contribution is 6.32. The van der Waals surface area contributed by atoms with Gasteiger partial charge in [-0.15, -0.1) is 0 Å². The molecule has 2 fully saturated rings. The summed E-state index contributed by atoms with van der Waals surface area (Å²) in [4.78, 5) is 1.93. The van der Waals surface area contributed by atoms with Crippen LogP contribution in [0.5, 0.6) is 5.75 Å². The van der Waals surface area contributed by atoms with Crippen molar-refractivity contribution in [2.24, 2.45) is 0 Å². The van der Waals surface area contributed by atoms with Gasteiger partial charge in [0, 0.05) is 29.5 Å². The van der Waals surface area contributed by atoms with Gasteiger partial charge < -0.3 is 24.8 Å². The molecule has 4 rings (SSSR count). The standard InChI is InChI=1S/C17H23ClN2O3/c1-20-15-13(23-11-4-9-22-10-11)3-2-12(18)14(15)17(16(20)21)5-7-19-8-6-17/h2-3,11,16,19,21H,4-10H2,1H3. The predicted molar refractivity (Wildman–Crippen MR) is 89.5 cm³/mol. The molecule has 2 N–H and O–H groups in total. The Balaban J connectivity index is 1.78. The summed E-state index contributed by atoms with van der Waals surface area (Å²) in [6.07, 6.45) is 2.17. The highest BCUT2D eigenvalue weighted by Gasteiger charge is 2.52. The van der Waals surface area contributed by atoms with E-state index in [2.05, 4.69) is 5.32 Å². The van der Waals surface area contributed by atoms with Gasteiger partial charge in [-0.2, -0.15) is 0 Å². The third-order valence-electron chi connectivity index (χ3n) is 5.48. The van der Waals surface area contributed by atoms with E-state index < -0.39 is 6.23 Å². The van der Waals surface area contributed by atoms with Gasteiger partial charge in [-0.3, -0.25) is 0 Å². The number of piperidine rings is 1. The molecule has 2 unspecified atom stereocenters. The molecular formula is C17H23ClN2O3. The second-order valence-electron chi connectivity index (χ2n) is 6.76. The molecule has 3 aliphatic heterocycles. The minimum Gasteiger partial charge on any atom is -0.486 e. The molecule has 3 aliphatic rings. The third kappa shape index (κ3) is 2.33. The lowest BCUT2D eigenvalue weighted by Crippen LogP contribution is -2.49. The van der Waals surface area contributed by atoms with E-state index in [1.807, 2.05) is 24.1 Å². The number of halogens is 1. The molecule has 126 valence electrons. The van der Waals surface area contributed by atoms with Gasteiger partial charge in [-0.05, 0) is 38.1 Å². The zero-order valence-corrected chi connectivity index (χ0v) is 14.1. The first-order valence-corrected chi connectivity index (χ1v) is 8.70. The van der Waals surface area contributed by atoms with E-state index in [-0.39, 0.29) is 11.5 Å². The van der Waals surface area contributed by atoms with Crippen LogP contribution in [0, 0.1) is 0 Å². The number of aliphatic hydroxyl groups is 1. The lowest BCUT2D eigenvalue weighted by molar-refractivity contribution is 0.0723. The number of nitrogens with zero attached hydrogens (tertiary/aromatic N) is 1. The van der Waals surface area contributed by atoms with Gasteiger partial charge in [0.05, 0.1) is 18.9 Å². The number of benzene rings is 1. The summed E-state index contributed by atoms with van der Waals surface area (Å²) < 4.78 is 11.6. The van der Waals surface area contributed by atoms with Crippen molar-refractivity contribution in [1.29, 1.82) is 0 Å². The zero-order chi connectivity index (χ0) is 16.0. The minimum atomic E-state index is -0.568. The molecule has 6 heteroatoms. The quantitative estimate of drug-likeness (QED) is 0.862. The van der Waals surface area contributed by atoms with Gasteiger partial charge in [0.25, 0.3) is 0 Å². The van der Waals surface area contributed by atoms with Crippen LogP contribution < -0.4 is 15.0 Å². The smallest absolute Gasteiger partial charge is 0.143 e. The number of nitrogens with one attached hydrogen (secondary N) is 1. The number of hydrogen-bond donors (Lipinski definition) is 2. The van der Waals surface area contributed by atoms with Crippen LogP contribution in [-0.2, 0) is 10.2 Å². The summed E-state index contributed by atoms with van der Waals surface area (Å²) >= 11 is 6.57. The van der Waals surface area contributed by atoms with E-state index in [4.69, 9.17) is 21.1 Å². The van der Waals surface area contributed by atoms with Crippen LogP contribution in [0.15, 0.2) is 12.1 Å². The number of rotatable bonds is 2. The molecule has 0 aliphatic carbocycles. The van der Waals surface area contributed by atoms with Crippen LogP contribution >= 0.6 is 11.6 Å². The summed E-state index contributed by atoms with van der Waals surface area (Å²) in [5.41, 5.74) is 1.68. The van der Waals surface area contributed by atoms with E-state index in [1.165, 1.54) is 0 Å². The third-order valence-corrected chi connectivity index (χ3v) is 5.79. The second kappa shape index (κ2) is 5.81.